The van der Waals surface area contributed by atoms with Gasteiger partial charge >= 0.3 is 0 Å². The van der Waals surface area contributed by atoms with Crippen molar-refractivity contribution in [3.8, 4) is 6.07 Å². The highest BCUT2D eigenvalue weighted by atomic mass is 32.2. The number of hydrogen-bond donors (Lipinski definition) is 1. The monoisotopic (exact) mass is 225 g/mol. The summed E-state index contributed by atoms with van der Waals surface area (Å²) in [6.07, 6.45) is 3.59. The molecule has 0 radical (unpaired) electrons. The number of aliphatic hydroxyl groups is 1. The Morgan fingerprint density at radius 2 is 2.33 bits per heavy atom. The molecule has 1 saturated heterocycles. The minimum Gasteiger partial charge on any atom is -0.391 e. The topological polar surface area (TPSA) is 44.0 Å². The second kappa shape index (κ2) is 4.35. The van der Waals surface area contributed by atoms with Gasteiger partial charge in [0.25, 0.3) is 0 Å². The molecule has 0 aromatic rings. The fourth-order valence-corrected chi connectivity index (χ4v) is 4.31. The lowest BCUT2D eigenvalue weighted by molar-refractivity contribution is 0.0231. The fourth-order valence-electron chi connectivity index (χ4n) is 3.02. The van der Waals surface area contributed by atoms with Crippen LogP contribution in [0.15, 0.2) is 0 Å². The second-order valence-electron chi connectivity index (χ2n) is 5.18. The maximum Gasteiger partial charge on any atom is 0.0838 e. The minimum absolute atomic E-state index is 0.361. The van der Waals surface area contributed by atoms with E-state index in [9.17, 15) is 10.4 Å². The minimum atomic E-state index is -0.422. The van der Waals surface area contributed by atoms with Crippen LogP contribution in [0.3, 0.4) is 0 Å². The van der Waals surface area contributed by atoms with Crippen LogP contribution in [-0.4, -0.2) is 22.7 Å². The molecule has 2 fully saturated rings. The summed E-state index contributed by atoms with van der Waals surface area (Å²) in [5.74, 6) is 3.16. The van der Waals surface area contributed by atoms with E-state index < -0.39 is 5.41 Å². The lowest BCUT2D eigenvalue weighted by Gasteiger charge is -2.31. The molecule has 15 heavy (non-hydrogen) atoms. The van der Waals surface area contributed by atoms with Crippen molar-refractivity contribution < 1.29 is 5.11 Å². The van der Waals surface area contributed by atoms with Gasteiger partial charge in [-0.05, 0) is 49.0 Å². The average Bonchev–Trinajstić information content (AvgIpc) is 2.86. The number of rotatable bonds is 2. The molecule has 2 rings (SSSR count). The standard InChI is InChI=1S/C12H19NOS/c1-9-2-4-12(6-9,8-13)11(14)10-3-5-15-7-10/h9-11,14H,2-7H2,1H3. The molecule has 4 atom stereocenters. The number of nitrogens with zero attached hydrogens (tertiary/aromatic N) is 1. The summed E-state index contributed by atoms with van der Waals surface area (Å²) in [7, 11) is 0. The summed E-state index contributed by atoms with van der Waals surface area (Å²) >= 11 is 1.91. The Kier molecular flexibility index (Phi) is 3.27. The third-order valence-corrected chi connectivity index (χ3v) is 5.18. The van der Waals surface area contributed by atoms with Gasteiger partial charge in [-0.15, -0.1) is 0 Å². The van der Waals surface area contributed by atoms with Crippen molar-refractivity contribution in [3.63, 3.8) is 0 Å². The largest absolute Gasteiger partial charge is 0.391 e. The molecular formula is C12H19NOS. The van der Waals surface area contributed by atoms with Crippen LogP contribution < -0.4 is 0 Å². The van der Waals surface area contributed by atoms with Crippen molar-refractivity contribution in [3.05, 3.63) is 0 Å². The Morgan fingerprint density at radius 3 is 2.80 bits per heavy atom. The Bertz CT molecular complexity index is 269. The molecule has 1 N–H and O–H groups in total. The zero-order valence-corrected chi connectivity index (χ0v) is 10.1. The van der Waals surface area contributed by atoms with E-state index in [1.165, 1.54) is 0 Å². The van der Waals surface area contributed by atoms with Gasteiger partial charge in [0.05, 0.1) is 17.6 Å². The third-order valence-electron chi connectivity index (χ3n) is 4.00. The highest BCUT2D eigenvalue weighted by molar-refractivity contribution is 7.99. The van der Waals surface area contributed by atoms with Crippen molar-refractivity contribution in [2.24, 2.45) is 17.3 Å². The molecule has 1 saturated carbocycles. The van der Waals surface area contributed by atoms with Crippen molar-refractivity contribution in [2.45, 2.75) is 38.7 Å². The van der Waals surface area contributed by atoms with E-state index in [1.54, 1.807) is 0 Å². The van der Waals surface area contributed by atoms with Crippen LogP contribution in [-0.2, 0) is 0 Å². The smallest absolute Gasteiger partial charge is 0.0838 e. The SMILES string of the molecule is CC1CCC(C#N)(C(O)C2CCSC2)C1. The summed E-state index contributed by atoms with van der Waals surface area (Å²) < 4.78 is 0. The van der Waals surface area contributed by atoms with Gasteiger partial charge < -0.3 is 5.11 Å². The fraction of sp³-hybridized carbons (Fsp3) is 0.917. The van der Waals surface area contributed by atoms with E-state index in [0.717, 1.165) is 37.2 Å². The molecule has 0 aromatic carbocycles. The summed E-state index contributed by atoms with van der Waals surface area (Å²) in [6.45, 7) is 2.19. The molecule has 84 valence electrons. The molecule has 0 spiro atoms. The summed E-state index contributed by atoms with van der Waals surface area (Å²) in [6, 6.07) is 2.43. The maximum atomic E-state index is 10.4. The Labute approximate surface area is 96.1 Å². The third kappa shape index (κ3) is 2.03. The molecule has 0 aromatic heterocycles. The molecule has 1 aliphatic heterocycles. The maximum absolute atomic E-state index is 10.4. The van der Waals surface area contributed by atoms with Gasteiger partial charge in [0.1, 0.15) is 0 Å². The van der Waals surface area contributed by atoms with E-state index in [0.29, 0.717) is 11.8 Å². The number of hydrogen-bond acceptors (Lipinski definition) is 3. The van der Waals surface area contributed by atoms with Crippen LogP contribution in [0.1, 0.15) is 32.6 Å². The highest BCUT2D eigenvalue weighted by Crippen LogP contribution is 2.47. The molecule has 0 bridgehead atoms. The van der Waals surface area contributed by atoms with Crippen molar-refractivity contribution in [2.75, 3.05) is 11.5 Å². The summed E-state index contributed by atoms with van der Waals surface area (Å²) in [5.41, 5.74) is -0.422. The van der Waals surface area contributed by atoms with Crippen LogP contribution in [0.25, 0.3) is 0 Å². The lowest BCUT2D eigenvalue weighted by Crippen LogP contribution is -2.37. The second-order valence-corrected chi connectivity index (χ2v) is 6.33. The Hall–Kier alpha value is -0.200. The molecular weight excluding hydrogens is 206 g/mol. The van der Waals surface area contributed by atoms with Crippen molar-refractivity contribution in [1.82, 2.24) is 0 Å². The lowest BCUT2D eigenvalue weighted by atomic mass is 9.75. The first-order valence-electron chi connectivity index (χ1n) is 5.85. The van der Waals surface area contributed by atoms with Crippen LogP contribution in [0.4, 0.5) is 0 Å². The number of aliphatic hydroxyl groups excluding tert-OH is 1. The van der Waals surface area contributed by atoms with E-state index in [2.05, 4.69) is 13.0 Å². The molecule has 0 amide bonds. The van der Waals surface area contributed by atoms with Crippen molar-refractivity contribution in [1.29, 1.82) is 5.26 Å². The van der Waals surface area contributed by atoms with Crippen LogP contribution in [0.2, 0.25) is 0 Å². The van der Waals surface area contributed by atoms with Gasteiger partial charge in [-0.2, -0.15) is 17.0 Å². The Morgan fingerprint density at radius 1 is 1.53 bits per heavy atom. The molecule has 1 heterocycles. The highest BCUT2D eigenvalue weighted by Gasteiger charge is 2.47. The molecule has 3 heteroatoms. The zero-order chi connectivity index (χ0) is 10.9. The van der Waals surface area contributed by atoms with Gasteiger partial charge in [-0.25, -0.2) is 0 Å². The zero-order valence-electron chi connectivity index (χ0n) is 9.28. The molecule has 2 nitrogen and oxygen atoms in total. The quantitative estimate of drug-likeness (QED) is 0.785. The van der Waals surface area contributed by atoms with Gasteiger partial charge in [0.2, 0.25) is 0 Å². The van der Waals surface area contributed by atoms with Crippen molar-refractivity contribution >= 4 is 11.8 Å². The number of nitriles is 1. The average molecular weight is 225 g/mol. The predicted octanol–water partition coefficient (Wildman–Crippen LogP) is 2.43. The molecule has 2 aliphatic rings. The van der Waals surface area contributed by atoms with Crippen LogP contribution in [0, 0.1) is 28.6 Å². The Balaban J connectivity index is 2.09. The first-order valence-corrected chi connectivity index (χ1v) is 7.00. The molecule has 4 unspecified atom stereocenters. The van der Waals surface area contributed by atoms with Crippen LogP contribution in [0.5, 0.6) is 0 Å². The molecule has 1 aliphatic carbocycles. The van der Waals surface area contributed by atoms with Gasteiger partial charge in [0.15, 0.2) is 0 Å². The summed E-state index contributed by atoms with van der Waals surface area (Å²) in [5, 5.41) is 19.7. The van der Waals surface area contributed by atoms with Gasteiger partial charge in [-0.3, -0.25) is 0 Å². The van der Waals surface area contributed by atoms with E-state index >= 15 is 0 Å². The first-order chi connectivity index (χ1) is 7.18. The normalized spacial score (nSPS) is 42.7. The summed E-state index contributed by atoms with van der Waals surface area (Å²) in [4.78, 5) is 0. The van der Waals surface area contributed by atoms with E-state index in [1.807, 2.05) is 11.8 Å². The first kappa shape index (κ1) is 11.3. The predicted molar refractivity (Wildman–Crippen MR) is 62.5 cm³/mol. The van der Waals surface area contributed by atoms with Gasteiger partial charge in [-0.1, -0.05) is 6.92 Å². The van der Waals surface area contributed by atoms with Gasteiger partial charge in [0, 0.05) is 0 Å². The van der Waals surface area contributed by atoms with E-state index in [-0.39, 0.29) is 6.10 Å². The number of thioether (sulfide) groups is 1. The van der Waals surface area contributed by atoms with E-state index in [4.69, 9.17) is 0 Å². The van der Waals surface area contributed by atoms with Crippen LogP contribution >= 0.6 is 11.8 Å².